The van der Waals surface area contributed by atoms with Crippen molar-refractivity contribution < 1.29 is 5.11 Å². The molecular formula is C31H38O. The van der Waals surface area contributed by atoms with E-state index in [0.717, 1.165) is 23.8 Å². The summed E-state index contributed by atoms with van der Waals surface area (Å²) in [5.41, 5.74) is 7.90. The van der Waals surface area contributed by atoms with Crippen LogP contribution in [0.1, 0.15) is 82.3 Å². The number of phenolic OH excluding ortho intramolecular Hbond substituents is 1. The lowest BCUT2D eigenvalue weighted by Crippen LogP contribution is -2.13. The fourth-order valence-corrected chi connectivity index (χ4v) is 5.40. The van der Waals surface area contributed by atoms with Crippen molar-refractivity contribution in [2.75, 3.05) is 0 Å². The lowest BCUT2D eigenvalue weighted by atomic mass is 9.77. The third-order valence-corrected chi connectivity index (χ3v) is 7.44. The smallest absolute Gasteiger partial charge is 0.115 e. The van der Waals surface area contributed by atoms with Gasteiger partial charge in [-0.25, -0.2) is 0 Å². The molecule has 1 saturated carbocycles. The summed E-state index contributed by atoms with van der Waals surface area (Å²) in [6.07, 6.45) is 12.1. The third-order valence-electron chi connectivity index (χ3n) is 7.44. The van der Waals surface area contributed by atoms with E-state index in [-0.39, 0.29) is 0 Å². The molecule has 3 aromatic carbocycles. The topological polar surface area (TPSA) is 20.2 Å². The lowest BCUT2D eigenvalue weighted by molar-refractivity contribution is 0.303. The van der Waals surface area contributed by atoms with Crippen molar-refractivity contribution in [3.05, 3.63) is 77.9 Å². The molecule has 0 aliphatic heterocycles. The zero-order valence-electron chi connectivity index (χ0n) is 19.8. The largest absolute Gasteiger partial charge is 0.508 e. The quantitative estimate of drug-likeness (QED) is 0.356. The normalized spacial score (nSPS) is 18.6. The predicted octanol–water partition coefficient (Wildman–Crippen LogP) is 9.14. The minimum Gasteiger partial charge on any atom is -0.508 e. The first-order chi connectivity index (χ1) is 15.7. The molecule has 1 fully saturated rings. The highest BCUT2D eigenvalue weighted by atomic mass is 16.3. The predicted molar refractivity (Wildman–Crippen MR) is 137 cm³/mol. The van der Waals surface area contributed by atoms with Gasteiger partial charge < -0.3 is 5.11 Å². The van der Waals surface area contributed by atoms with Crippen LogP contribution in [0.4, 0.5) is 0 Å². The van der Waals surface area contributed by atoms with Gasteiger partial charge in [0.05, 0.1) is 0 Å². The molecule has 32 heavy (non-hydrogen) atoms. The maximum Gasteiger partial charge on any atom is 0.115 e. The van der Waals surface area contributed by atoms with Crippen LogP contribution in [0.2, 0.25) is 0 Å². The summed E-state index contributed by atoms with van der Waals surface area (Å²) >= 11 is 0. The molecule has 3 aromatic rings. The van der Waals surface area contributed by atoms with Crippen LogP contribution in [0.5, 0.6) is 5.75 Å². The molecule has 1 aliphatic carbocycles. The number of benzene rings is 3. The van der Waals surface area contributed by atoms with Crippen molar-refractivity contribution in [3.63, 3.8) is 0 Å². The number of hydrogen-bond donors (Lipinski definition) is 1. The highest BCUT2D eigenvalue weighted by molar-refractivity contribution is 5.74. The molecule has 1 nitrogen and oxygen atoms in total. The van der Waals surface area contributed by atoms with E-state index in [1.807, 2.05) is 12.1 Å². The van der Waals surface area contributed by atoms with E-state index in [0.29, 0.717) is 5.75 Å². The van der Waals surface area contributed by atoms with Gasteiger partial charge in [-0.15, -0.1) is 0 Å². The molecule has 0 aromatic heterocycles. The van der Waals surface area contributed by atoms with Gasteiger partial charge in [0, 0.05) is 0 Å². The number of aromatic hydroxyl groups is 1. The van der Waals surface area contributed by atoms with Crippen LogP contribution in [-0.2, 0) is 6.42 Å². The molecule has 4 rings (SSSR count). The maximum atomic E-state index is 9.57. The lowest BCUT2D eigenvalue weighted by Gasteiger charge is -2.29. The average molecular weight is 427 g/mol. The van der Waals surface area contributed by atoms with Crippen molar-refractivity contribution in [1.82, 2.24) is 0 Å². The van der Waals surface area contributed by atoms with Gasteiger partial charge in [-0.1, -0.05) is 94.1 Å². The van der Waals surface area contributed by atoms with Gasteiger partial charge in [0.1, 0.15) is 5.75 Å². The average Bonchev–Trinajstić information content (AvgIpc) is 2.85. The van der Waals surface area contributed by atoms with Crippen LogP contribution >= 0.6 is 0 Å². The minimum absolute atomic E-state index is 0.311. The molecular weight excluding hydrogens is 388 g/mol. The molecule has 168 valence electrons. The van der Waals surface area contributed by atoms with Crippen LogP contribution in [-0.4, -0.2) is 5.11 Å². The van der Waals surface area contributed by atoms with Crippen molar-refractivity contribution in [1.29, 1.82) is 0 Å². The van der Waals surface area contributed by atoms with Crippen molar-refractivity contribution in [2.45, 2.75) is 77.6 Å². The highest BCUT2D eigenvalue weighted by Gasteiger charge is 2.22. The van der Waals surface area contributed by atoms with Gasteiger partial charge in [0.2, 0.25) is 0 Å². The van der Waals surface area contributed by atoms with Crippen molar-refractivity contribution in [3.8, 4) is 28.0 Å². The van der Waals surface area contributed by atoms with Gasteiger partial charge in [-0.2, -0.15) is 0 Å². The van der Waals surface area contributed by atoms with Gasteiger partial charge in [0.15, 0.2) is 0 Å². The summed E-state index contributed by atoms with van der Waals surface area (Å²) in [4.78, 5) is 0. The van der Waals surface area contributed by atoms with E-state index >= 15 is 0 Å². The van der Waals surface area contributed by atoms with Gasteiger partial charge in [0.25, 0.3) is 0 Å². The Bertz CT molecular complexity index is 976. The molecule has 0 saturated heterocycles. The van der Waals surface area contributed by atoms with E-state index in [1.165, 1.54) is 79.2 Å². The monoisotopic (exact) mass is 426 g/mol. The maximum absolute atomic E-state index is 9.57. The fraction of sp³-hybridized carbons (Fsp3) is 0.419. The molecule has 1 aliphatic rings. The Hall–Kier alpha value is -2.54. The number of aryl methyl sites for hydroxylation is 1. The Morgan fingerprint density at radius 2 is 1.38 bits per heavy atom. The van der Waals surface area contributed by atoms with Gasteiger partial charge >= 0.3 is 0 Å². The first-order valence-electron chi connectivity index (χ1n) is 12.7. The Morgan fingerprint density at radius 1 is 0.719 bits per heavy atom. The van der Waals surface area contributed by atoms with Crippen LogP contribution in [0.3, 0.4) is 0 Å². The highest BCUT2D eigenvalue weighted by Crippen LogP contribution is 2.38. The second kappa shape index (κ2) is 10.9. The summed E-state index contributed by atoms with van der Waals surface area (Å²) in [7, 11) is 0. The number of phenols is 1. The summed E-state index contributed by atoms with van der Waals surface area (Å²) < 4.78 is 0. The zero-order valence-corrected chi connectivity index (χ0v) is 19.8. The molecule has 1 N–H and O–H groups in total. The van der Waals surface area contributed by atoms with Crippen molar-refractivity contribution >= 4 is 0 Å². The first-order valence-corrected chi connectivity index (χ1v) is 12.7. The molecule has 0 atom stereocenters. The molecule has 0 unspecified atom stereocenters. The Labute approximate surface area is 194 Å². The zero-order chi connectivity index (χ0) is 22.3. The number of hydrogen-bond acceptors (Lipinski definition) is 1. The second-order valence-corrected chi connectivity index (χ2v) is 9.61. The molecule has 0 spiro atoms. The number of unbranched alkanes of at least 4 members (excludes halogenated alkanes) is 2. The van der Waals surface area contributed by atoms with Crippen LogP contribution in [0.15, 0.2) is 66.7 Å². The van der Waals surface area contributed by atoms with Gasteiger partial charge in [-0.05, 0) is 89.5 Å². The van der Waals surface area contributed by atoms with Crippen LogP contribution in [0, 0.1) is 5.92 Å². The van der Waals surface area contributed by atoms with E-state index in [9.17, 15) is 5.11 Å². The summed E-state index contributed by atoms with van der Waals surface area (Å²) in [5, 5.41) is 9.57. The summed E-state index contributed by atoms with van der Waals surface area (Å²) in [6, 6.07) is 23.7. The molecule has 1 heteroatoms. The van der Waals surface area contributed by atoms with E-state index in [1.54, 1.807) is 12.1 Å². The fourth-order valence-electron chi connectivity index (χ4n) is 5.40. The SMILES string of the molecule is CCCCC[C@H]1CC[C@H](c2ccc(-c3ccc(-c4ccc(O)cc4)cc3CC)cc2)CC1. The molecule has 0 amide bonds. The first kappa shape index (κ1) is 22.6. The third kappa shape index (κ3) is 5.44. The van der Waals surface area contributed by atoms with Gasteiger partial charge in [-0.3, -0.25) is 0 Å². The van der Waals surface area contributed by atoms with Crippen molar-refractivity contribution in [2.24, 2.45) is 5.92 Å². The van der Waals surface area contributed by atoms with E-state index in [4.69, 9.17) is 0 Å². The molecule has 0 radical (unpaired) electrons. The Morgan fingerprint density at radius 3 is 2.03 bits per heavy atom. The van der Waals surface area contributed by atoms with Crippen LogP contribution in [0.25, 0.3) is 22.3 Å². The summed E-state index contributed by atoms with van der Waals surface area (Å²) in [5.74, 6) is 2.02. The summed E-state index contributed by atoms with van der Waals surface area (Å²) in [6.45, 7) is 4.53. The van der Waals surface area contributed by atoms with E-state index < -0.39 is 0 Å². The van der Waals surface area contributed by atoms with E-state index in [2.05, 4.69) is 56.3 Å². The minimum atomic E-state index is 0.311. The Balaban J connectivity index is 1.44. The molecule has 0 bridgehead atoms. The van der Waals surface area contributed by atoms with Crippen LogP contribution < -0.4 is 0 Å². The second-order valence-electron chi connectivity index (χ2n) is 9.61. The molecule has 0 heterocycles. The number of rotatable bonds is 8. The Kier molecular flexibility index (Phi) is 7.68. The standard InChI is InChI=1S/C31H38O/c1-3-5-6-7-23-8-10-25(11-9-23)26-12-14-28(15-13-26)31-21-18-29(22-24(31)4-2)27-16-19-30(32)20-17-27/h12-23,25,32H,3-11H2,1-2H3/t23-,25-.